The molecule has 160 valence electrons. The summed E-state index contributed by atoms with van der Waals surface area (Å²) in [6.45, 7) is 9.15. The van der Waals surface area contributed by atoms with E-state index >= 15 is 0 Å². The molecule has 0 radical (unpaired) electrons. The zero-order valence-electron chi connectivity index (χ0n) is 19.3. The minimum atomic E-state index is -0.255. The van der Waals surface area contributed by atoms with Crippen molar-refractivity contribution in [1.82, 2.24) is 0 Å². The normalized spacial score (nSPS) is 12.2. The van der Waals surface area contributed by atoms with E-state index in [0.29, 0.717) is 0 Å². The van der Waals surface area contributed by atoms with Crippen molar-refractivity contribution < 1.29 is 0 Å². The Bertz CT molecular complexity index is 1190. The van der Waals surface area contributed by atoms with Crippen LogP contribution in [0.1, 0.15) is 49.9 Å². The minimum absolute atomic E-state index is 0.194. The van der Waals surface area contributed by atoms with Crippen LogP contribution < -0.4 is 0 Å². The number of hydrogen-bond acceptors (Lipinski definition) is 2. The van der Waals surface area contributed by atoms with Gasteiger partial charge in [0.1, 0.15) is 0 Å². The summed E-state index contributed by atoms with van der Waals surface area (Å²) >= 11 is 0. The number of hydrogen-bond donors (Lipinski definition) is 0. The molecular formula is C30H30N2. The Hall–Kier alpha value is -3.52. The lowest BCUT2D eigenvalue weighted by molar-refractivity contribution is 0.579. The van der Waals surface area contributed by atoms with E-state index in [1.54, 1.807) is 0 Å². The Morgan fingerprint density at radius 1 is 0.469 bits per heavy atom. The third-order valence-corrected chi connectivity index (χ3v) is 6.36. The van der Waals surface area contributed by atoms with Gasteiger partial charge in [-0.05, 0) is 40.5 Å². The third-order valence-electron chi connectivity index (χ3n) is 6.36. The summed E-state index contributed by atoms with van der Waals surface area (Å²) in [7, 11) is 0. The van der Waals surface area contributed by atoms with Crippen LogP contribution in [0.2, 0.25) is 0 Å². The van der Waals surface area contributed by atoms with Crippen LogP contribution in [0.15, 0.2) is 119 Å². The molecular weight excluding hydrogens is 388 g/mol. The first-order chi connectivity index (χ1) is 15.4. The maximum Gasteiger partial charge on any atom is 0.0900 e. The number of azo groups is 1. The van der Waals surface area contributed by atoms with Crippen molar-refractivity contribution in [3.63, 3.8) is 0 Å². The van der Waals surface area contributed by atoms with E-state index in [9.17, 15) is 0 Å². The summed E-state index contributed by atoms with van der Waals surface area (Å²) in [4.78, 5) is 0. The molecule has 0 spiro atoms. The predicted octanol–water partition coefficient (Wildman–Crippen LogP) is 8.75. The van der Waals surface area contributed by atoms with Gasteiger partial charge in [0.25, 0.3) is 0 Å². The summed E-state index contributed by atoms with van der Waals surface area (Å²) in [6, 6.07) is 37.7. The molecule has 0 heterocycles. The molecule has 0 aromatic heterocycles. The molecule has 0 amide bonds. The van der Waals surface area contributed by atoms with Gasteiger partial charge in [-0.1, -0.05) is 119 Å². The lowest BCUT2D eigenvalue weighted by Crippen LogP contribution is -2.28. The smallest absolute Gasteiger partial charge is 0.0900 e. The van der Waals surface area contributed by atoms with Gasteiger partial charge in [0.2, 0.25) is 0 Å². The fourth-order valence-corrected chi connectivity index (χ4v) is 4.42. The second-order valence-corrected chi connectivity index (χ2v) is 9.22. The van der Waals surface area contributed by atoms with Gasteiger partial charge in [0, 0.05) is 10.8 Å². The number of benzene rings is 4. The average molecular weight is 419 g/mol. The van der Waals surface area contributed by atoms with Crippen LogP contribution in [0.5, 0.6) is 0 Å². The topological polar surface area (TPSA) is 24.7 Å². The highest BCUT2D eigenvalue weighted by Gasteiger charge is 2.35. The Morgan fingerprint density at radius 3 is 1.53 bits per heavy atom. The quantitative estimate of drug-likeness (QED) is 0.280. The van der Waals surface area contributed by atoms with Crippen molar-refractivity contribution in [2.24, 2.45) is 10.2 Å². The van der Waals surface area contributed by atoms with E-state index in [4.69, 9.17) is 5.11 Å². The second-order valence-electron chi connectivity index (χ2n) is 9.22. The summed E-state index contributed by atoms with van der Waals surface area (Å²) in [5.41, 5.74) is 6.32. The van der Waals surface area contributed by atoms with E-state index in [0.717, 1.165) is 11.4 Å². The van der Waals surface area contributed by atoms with Gasteiger partial charge in [-0.25, -0.2) is 0 Å². The lowest BCUT2D eigenvalue weighted by atomic mass is 9.68. The maximum atomic E-state index is 4.76. The largest absolute Gasteiger partial charge is 0.151 e. The van der Waals surface area contributed by atoms with Crippen molar-refractivity contribution in [3.8, 4) is 0 Å². The molecule has 4 aromatic rings. The van der Waals surface area contributed by atoms with Crippen LogP contribution in [0.3, 0.4) is 0 Å². The van der Waals surface area contributed by atoms with Crippen molar-refractivity contribution in [2.45, 2.75) is 38.5 Å². The van der Waals surface area contributed by atoms with Gasteiger partial charge < -0.3 is 0 Å². The van der Waals surface area contributed by atoms with Crippen LogP contribution in [0.25, 0.3) is 0 Å². The van der Waals surface area contributed by atoms with E-state index in [1.807, 2.05) is 30.3 Å². The monoisotopic (exact) mass is 418 g/mol. The molecule has 0 unspecified atom stereocenters. The summed E-state index contributed by atoms with van der Waals surface area (Å²) in [5.74, 6) is 0. The molecule has 0 saturated heterocycles. The van der Waals surface area contributed by atoms with Gasteiger partial charge in [0.15, 0.2) is 0 Å². The molecule has 0 aliphatic rings. The molecule has 0 atom stereocenters. The van der Waals surface area contributed by atoms with Crippen LogP contribution in [0.4, 0.5) is 11.4 Å². The molecule has 0 N–H and O–H groups in total. The van der Waals surface area contributed by atoms with Crippen LogP contribution in [-0.2, 0) is 10.8 Å². The molecule has 0 fully saturated rings. The first-order valence-corrected chi connectivity index (χ1v) is 11.1. The zero-order valence-corrected chi connectivity index (χ0v) is 19.3. The van der Waals surface area contributed by atoms with Gasteiger partial charge in [0.05, 0.1) is 11.4 Å². The lowest BCUT2D eigenvalue weighted by Gasteiger charge is -2.36. The van der Waals surface area contributed by atoms with Gasteiger partial charge in [-0.15, -0.1) is 0 Å². The molecule has 32 heavy (non-hydrogen) atoms. The maximum absolute atomic E-state index is 4.76. The molecule has 4 rings (SSSR count). The molecule has 2 nitrogen and oxygen atoms in total. The highest BCUT2D eigenvalue weighted by molar-refractivity contribution is 5.61. The third kappa shape index (κ3) is 4.27. The highest BCUT2D eigenvalue weighted by Crippen LogP contribution is 2.45. The summed E-state index contributed by atoms with van der Waals surface area (Å²) in [5, 5.41) is 9.33. The first kappa shape index (κ1) is 21.7. The molecule has 0 bridgehead atoms. The predicted molar refractivity (Wildman–Crippen MR) is 134 cm³/mol. The average Bonchev–Trinajstić information content (AvgIpc) is 2.84. The molecule has 0 aliphatic carbocycles. The van der Waals surface area contributed by atoms with Crippen molar-refractivity contribution >= 4 is 11.4 Å². The SMILES string of the molecule is CC(C)(c1ccccc1)c1cccc(N=Nc2ccccc2)c1C(C)(C)c1ccccc1. The fourth-order valence-electron chi connectivity index (χ4n) is 4.42. The van der Waals surface area contributed by atoms with E-state index in [-0.39, 0.29) is 10.8 Å². The Balaban J connectivity index is 1.94. The second kappa shape index (κ2) is 8.92. The number of rotatable bonds is 6. The Kier molecular flexibility index (Phi) is 6.05. The zero-order chi connectivity index (χ0) is 22.6. The Morgan fingerprint density at radius 2 is 0.969 bits per heavy atom. The van der Waals surface area contributed by atoms with Gasteiger partial charge >= 0.3 is 0 Å². The molecule has 0 saturated carbocycles. The Labute approximate surface area is 191 Å². The molecule has 2 heteroatoms. The summed E-state index contributed by atoms with van der Waals surface area (Å²) < 4.78 is 0. The van der Waals surface area contributed by atoms with Gasteiger partial charge in [-0.3, -0.25) is 0 Å². The molecule has 0 aliphatic heterocycles. The van der Waals surface area contributed by atoms with Crippen molar-refractivity contribution in [3.05, 3.63) is 131 Å². The van der Waals surface area contributed by atoms with E-state index in [1.165, 1.54) is 22.3 Å². The fraction of sp³-hybridized carbons (Fsp3) is 0.200. The van der Waals surface area contributed by atoms with Gasteiger partial charge in [-0.2, -0.15) is 10.2 Å². The molecule has 4 aromatic carbocycles. The van der Waals surface area contributed by atoms with Crippen LogP contribution in [0, 0.1) is 0 Å². The minimum Gasteiger partial charge on any atom is -0.151 e. The standard InChI is InChI=1S/C30H30N2/c1-29(2,23-15-8-5-9-16-23)26-21-14-22-27(32-31-25-19-12-7-13-20-25)28(26)30(3,4)24-17-10-6-11-18-24/h5-22H,1-4H3. The van der Waals surface area contributed by atoms with Crippen LogP contribution in [-0.4, -0.2) is 0 Å². The number of nitrogens with zero attached hydrogens (tertiary/aromatic N) is 2. The summed E-state index contributed by atoms with van der Waals surface area (Å²) in [6.07, 6.45) is 0. The first-order valence-electron chi connectivity index (χ1n) is 11.1. The highest BCUT2D eigenvalue weighted by atomic mass is 15.1. The van der Waals surface area contributed by atoms with Crippen molar-refractivity contribution in [1.29, 1.82) is 0 Å². The van der Waals surface area contributed by atoms with E-state index < -0.39 is 0 Å². The van der Waals surface area contributed by atoms with E-state index in [2.05, 4.69) is 112 Å². The van der Waals surface area contributed by atoms with Crippen molar-refractivity contribution in [2.75, 3.05) is 0 Å². The van der Waals surface area contributed by atoms with Crippen LogP contribution >= 0.6 is 0 Å².